The fourth-order valence-electron chi connectivity index (χ4n) is 3.47. The van der Waals surface area contributed by atoms with Crippen molar-refractivity contribution in [3.05, 3.63) is 116 Å². The van der Waals surface area contributed by atoms with E-state index < -0.39 is 10.2 Å². The van der Waals surface area contributed by atoms with Gasteiger partial charge in [-0.25, -0.2) is 0 Å². The van der Waals surface area contributed by atoms with E-state index in [1.54, 1.807) is 36.4 Å². The van der Waals surface area contributed by atoms with Crippen LogP contribution >= 0.6 is 11.8 Å². The Morgan fingerprint density at radius 1 is 0.971 bits per heavy atom. The minimum Gasteiger partial charge on any atom is -0.489 e. The Bertz CT molecular complexity index is 1330. The molecule has 1 atom stereocenters. The SMILES string of the molecule is Cc1nnc(S[C@H](C[N+](=O)[O-])c2ccc(OCc3cccc([N+](=O)[O-])c3)cc2)n1-c1ccccc1. The van der Waals surface area contributed by atoms with Gasteiger partial charge in [0.15, 0.2) is 5.16 Å². The van der Waals surface area contributed by atoms with Crippen molar-refractivity contribution in [1.29, 1.82) is 0 Å². The predicted octanol–water partition coefficient (Wildman–Crippen LogP) is 5.17. The Balaban J connectivity index is 1.50. The van der Waals surface area contributed by atoms with E-state index in [0.29, 0.717) is 22.3 Å². The molecule has 4 aromatic rings. The number of aromatic nitrogens is 3. The van der Waals surface area contributed by atoms with Crippen LogP contribution in [0.3, 0.4) is 0 Å². The number of para-hydroxylation sites is 1. The standard InChI is InChI=1S/C24H21N5O5S/c1-17-25-26-24(28(17)20-7-3-2-4-8-20)35-23(15-27(30)31)19-10-12-22(13-11-19)34-16-18-6-5-9-21(14-18)29(32)33/h2-14,23H,15-16H2,1H3/t23-/m1/s1. The highest BCUT2D eigenvalue weighted by Gasteiger charge is 2.24. The summed E-state index contributed by atoms with van der Waals surface area (Å²) in [6.07, 6.45) is 0. The third-order valence-corrected chi connectivity index (χ3v) is 6.33. The molecule has 0 bridgehead atoms. The fraction of sp³-hybridized carbons (Fsp3) is 0.167. The lowest BCUT2D eigenvalue weighted by Gasteiger charge is -2.15. The third kappa shape index (κ3) is 6.01. The summed E-state index contributed by atoms with van der Waals surface area (Å²) < 4.78 is 7.62. The van der Waals surface area contributed by atoms with E-state index in [2.05, 4.69) is 10.2 Å². The average Bonchev–Trinajstić information content (AvgIpc) is 3.23. The van der Waals surface area contributed by atoms with Crippen molar-refractivity contribution in [2.45, 2.75) is 23.9 Å². The van der Waals surface area contributed by atoms with E-state index in [1.807, 2.05) is 41.8 Å². The monoisotopic (exact) mass is 491 g/mol. The molecule has 0 aliphatic heterocycles. The van der Waals surface area contributed by atoms with E-state index >= 15 is 0 Å². The number of ether oxygens (including phenoxy) is 1. The molecule has 0 saturated heterocycles. The first kappa shape index (κ1) is 23.9. The second kappa shape index (κ2) is 10.8. The van der Waals surface area contributed by atoms with Gasteiger partial charge >= 0.3 is 0 Å². The minimum absolute atomic E-state index is 0.000292. The van der Waals surface area contributed by atoms with E-state index in [4.69, 9.17) is 4.74 Å². The maximum Gasteiger partial charge on any atom is 0.269 e. The van der Waals surface area contributed by atoms with Gasteiger partial charge in [-0.05, 0) is 42.3 Å². The number of rotatable bonds is 10. The first-order valence-corrected chi connectivity index (χ1v) is 11.5. The lowest BCUT2D eigenvalue weighted by Crippen LogP contribution is -2.11. The van der Waals surface area contributed by atoms with Gasteiger partial charge in [-0.15, -0.1) is 10.2 Å². The van der Waals surface area contributed by atoms with Crippen molar-refractivity contribution in [2.24, 2.45) is 0 Å². The summed E-state index contributed by atoms with van der Waals surface area (Å²) in [5.74, 6) is 1.23. The molecular formula is C24H21N5O5S. The van der Waals surface area contributed by atoms with Crippen LogP contribution in [0.1, 0.15) is 22.2 Å². The molecule has 1 heterocycles. The van der Waals surface area contributed by atoms with E-state index in [9.17, 15) is 20.2 Å². The molecule has 3 aromatic carbocycles. The number of aryl methyl sites for hydroxylation is 1. The highest BCUT2D eigenvalue weighted by atomic mass is 32.2. The zero-order valence-electron chi connectivity index (χ0n) is 18.7. The highest BCUT2D eigenvalue weighted by Crippen LogP contribution is 2.36. The maximum atomic E-state index is 11.4. The second-order valence-corrected chi connectivity index (χ2v) is 8.78. The van der Waals surface area contributed by atoms with E-state index in [-0.39, 0.29) is 23.8 Å². The molecule has 1 aromatic heterocycles. The smallest absolute Gasteiger partial charge is 0.269 e. The lowest BCUT2D eigenvalue weighted by molar-refractivity contribution is -0.479. The molecule has 0 saturated carbocycles. The molecule has 0 spiro atoms. The molecule has 0 amide bonds. The number of nitro groups is 2. The lowest BCUT2D eigenvalue weighted by atomic mass is 10.1. The van der Waals surface area contributed by atoms with Gasteiger partial charge in [0.1, 0.15) is 23.4 Å². The molecule has 0 fully saturated rings. The van der Waals surface area contributed by atoms with Crippen molar-refractivity contribution in [3.8, 4) is 11.4 Å². The second-order valence-electron chi connectivity index (χ2n) is 7.61. The summed E-state index contributed by atoms with van der Waals surface area (Å²) in [4.78, 5) is 21.6. The van der Waals surface area contributed by atoms with Gasteiger partial charge in [-0.2, -0.15) is 0 Å². The Hall–Kier alpha value is -4.25. The van der Waals surface area contributed by atoms with Crippen LogP contribution in [0.25, 0.3) is 5.69 Å². The molecule has 0 unspecified atom stereocenters. The zero-order chi connectivity index (χ0) is 24.8. The average molecular weight is 492 g/mol. The van der Waals surface area contributed by atoms with Crippen LogP contribution in [0.15, 0.2) is 84.0 Å². The van der Waals surface area contributed by atoms with Gasteiger partial charge in [0.25, 0.3) is 5.69 Å². The molecule has 11 heteroatoms. The molecule has 4 rings (SSSR count). The topological polar surface area (TPSA) is 126 Å². The maximum absolute atomic E-state index is 11.4. The van der Waals surface area contributed by atoms with Crippen LogP contribution in [0.5, 0.6) is 5.75 Å². The van der Waals surface area contributed by atoms with Crippen LogP contribution in [-0.2, 0) is 6.61 Å². The number of hydrogen-bond acceptors (Lipinski definition) is 8. The molecular weight excluding hydrogens is 470 g/mol. The summed E-state index contributed by atoms with van der Waals surface area (Å²) in [6, 6.07) is 22.8. The summed E-state index contributed by atoms with van der Waals surface area (Å²) in [7, 11) is 0. The predicted molar refractivity (Wildman–Crippen MR) is 130 cm³/mol. The van der Waals surface area contributed by atoms with Crippen LogP contribution in [0.4, 0.5) is 5.69 Å². The molecule has 0 aliphatic rings. The molecule has 0 radical (unpaired) electrons. The number of benzene rings is 3. The number of non-ortho nitro benzene ring substituents is 1. The largest absolute Gasteiger partial charge is 0.489 e. The summed E-state index contributed by atoms with van der Waals surface area (Å²) in [6.45, 7) is 1.70. The quantitative estimate of drug-likeness (QED) is 0.169. The molecule has 178 valence electrons. The van der Waals surface area contributed by atoms with Crippen LogP contribution in [-0.4, -0.2) is 31.2 Å². The fourth-order valence-corrected chi connectivity index (χ4v) is 4.65. The minimum atomic E-state index is -0.498. The highest BCUT2D eigenvalue weighted by molar-refractivity contribution is 7.99. The normalized spacial score (nSPS) is 11.7. The summed E-state index contributed by atoms with van der Waals surface area (Å²) in [5.41, 5.74) is 2.29. The van der Waals surface area contributed by atoms with Crippen molar-refractivity contribution >= 4 is 17.4 Å². The van der Waals surface area contributed by atoms with Crippen molar-refractivity contribution in [3.63, 3.8) is 0 Å². The van der Waals surface area contributed by atoms with Crippen LogP contribution < -0.4 is 4.74 Å². The zero-order valence-corrected chi connectivity index (χ0v) is 19.5. The molecule has 0 aliphatic carbocycles. The Kier molecular flexibility index (Phi) is 7.36. The summed E-state index contributed by atoms with van der Waals surface area (Å²) >= 11 is 1.28. The summed E-state index contributed by atoms with van der Waals surface area (Å²) in [5, 5.41) is 30.8. The van der Waals surface area contributed by atoms with Crippen molar-refractivity contribution < 1.29 is 14.6 Å². The van der Waals surface area contributed by atoms with Gasteiger partial charge < -0.3 is 4.74 Å². The van der Waals surface area contributed by atoms with Crippen molar-refractivity contribution in [1.82, 2.24) is 14.8 Å². The van der Waals surface area contributed by atoms with Gasteiger partial charge in [0, 0.05) is 22.7 Å². The molecule has 10 nitrogen and oxygen atoms in total. The Morgan fingerprint density at radius 2 is 1.71 bits per heavy atom. The van der Waals surface area contributed by atoms with E-state index in [1.165, 1.54) is 23.9 Å². The first-order valence-electron chi connectivity index (χ1n) is 10.6. The van der Waals surface area contributed by atoms with Crippen molar-refractivity contribution in [2.75, 3.05) is 6.54 Å². The Labute approximate surface area is 204 Å². The number of hydrogen-bond donors (Lipinski definition) is 0. The van der Waals surface area contributed by atoms with Crippen LogP contribution in [0.2, 0.25) is 0 Å². The van der Waals surface area contributed by atoms with Crippen LogP contribution in [0, 0.1) is 27.2 Å². The van der Waals surface area contributed by atoms with Gasteiger partial charge in [-0.1, -0.05) is 54.2 Å². The molecule has 35 heavy (non-hydrogen) atoms. The van der Waals surface area contributed by atoms with E-state index in [0.717, 1.165) is 11.3 Å². The number of nitro benzene ring substituents is 1. The first-order chi connectivity index (χ1) is 16.9. The number of nitrogens with zero attached hydrogens (tertiary/aromatic N) is 5. The Morgan fingerprint density at radius 3 is 2.40 bits per heavy atom. The van der Waals surface area contributed by atoms with Gasteiger partial charge in [-0.3, -0.25) is 24.8 Å². The number of thioether (sulfide) groups is 1. The molecule has 0 N–H and O–H groups in total. The van der Waals surface area contributed by atoms with Gasteiger partial charge in [0.05, 0.1) is 4.92 Å². The third-order valence-electron chi connectivity index (χ3n) is 5.15. The van der Waals surface area contributed by atoms with Gasteiger partial charge in [0.2, 0.25) is 6.54 Å².